The summed E-state index contributed by atoms with van der Waals surface area (Å²) >= 11 is 0. The average Bonchev–Trinajstić information content (AvgIpc) is 2.18. The molecule has 0 aliphatic carbocycles. The summed E-state index contributed by atoms with van der Waals surface area (Å²) in [6.45, 7) is 6.55. The number of aryl methyl sites for hydroxylation is 1. The van der Waals surface area contributed by atoms with E-state index < -0.39 is 0 Å². The second kappa shape index (κ2) is 3.41. The number of hydrogen-bond acceptors (Lipinski definition) is 1. The van der Waals surface area contributed by atoms with Crippen LogP contribution in [0.1, 0.15) is 30.9 Å². The zero-order valence-electron chi connectivity index (χ0n) is 8.91. The van der Waals surface area contributed by atoms with Gasteiger partial charge in [0, 0.05) is 11.6 Å². The van der Waals surface area contributed by atoms with Gasteiger partial charge < -0.3 is 0 Å². The molecule has 1 aromatic carbocycles. The molecule has 2 rings (SSSR count). The van der Waals surface area contributed by atoms with E-state index >= 15 is 0 Å². The van der Waals surface area contributed by atoms with Gasteiger partial charge in [0.05, 0.1) is 5.52 Å². The van der Waals surface area contributed by atoms with Crippen LogP contribution in [0.15, 0.2) is 30.5 Å². The Bertz CT molecular complexity index is 458. The van der Waals surface area contributed by atoms with Crippen LogP contribution in [0.5, 0.6) is 0 Å². The van der Waals surface area contributed by atoms with Crippen LogP contribution in [0.25, 0.3) is 10.9 Å². The minimum absolute atomic E-state index is 0.535. The molecule has 1 aromatic heterocycles. The molecule has 1 heteroatoms. The number of fused-ring (bicyclic) bond motifs is 1. The summed E-state index contributed by atoms with van der Waals surface area (Å²) in [5, 5.41) is 1.28. The van der Waals surface area contributed by atoms with E-state index in [4.69, 9.17) is 0 Å². The van der Waals surface area contributed by atoms with Crippen LogP contribution >= 0.6 is 0 Å². The van der Waals surface area contributed by atoms with Crippen molar-refractivity contribution in [3.8, 4) is 0 Å². The first-order valence-electron chi connectivity index (χ1n) is 5.04. The Labute approximate surface area is 84.8 Å². The highest BCUT2D eigenvalue weighted by atomic mass is 14.7. The summed E-state index contributed by atoms with van der Waals surface area (Å²) in [6.07, 6.45) is 1.87. The van der Waals surface area contributed by atoms with Gasteiger partial charge in [0.15, 0.2) is 0 Å². The molecule has 0 amide bonds. The van der Waals surface area contributed by atoms with Crippen molar-refractivity contribution in [2.45, 2.75) is 26.7 Å². The maximum Gasteiger partial charge on any atom is 0.0739 e. The minimum atomic E-state index is 0.535. The van der Waals surface area contributed by atoms with Gasteiger partial charge in [-0.25, -0.2) is 0 Å². The molecule has 72 valence electrons. The zero-order valence-corrected chi connectivity index (χ0v) is 8.91. The molecule has 0 aliphatic heterocycles. The molecule has 0 aliphatic rings. The lowest BCUT2D eigenvalue weighted by atomic mass is 9.97. The number of pyridine rings is 1. The maximum absolute atomic E-state index is 4.46. The van der Waals surface area contributed by atoms with Gasteiger partial charge >= 0.3 is 0 Å². The van der Waals surface area contributed by atoms with E-state index in [1.807, 2.05) is 12.3 Å². The molecule has 1 heterocycles. The smallest absolute Gasteiger partial charge is 0.0739 e. The lowest BCUT2D eigenvalue weighted by Crippen LogP contribution is -1.92. The number of aromatic nitrogens is 1. The van der Waals surface area contributed by atoms with Gasteiger partial charge in [0.25, 0.3) is 0 Å². The Morgan fingerprint density at radius 3 is 2.64 bits per heavy atom. The Hall–Kier alpha value is -1.37. The van der Waals surface area contributed by atoms with Crippen molar-refractivity contribution >= 4 is 10.9 Å². The Morgan fingerprint density at radius 1 is 1.14 bits per heavy atom. The van der Waals surface area contributed by atoms with E-state index in [1.54, 1.807) is 0 Å². The van der Waals surface area contributed by atoms with Gasteiger partial charge in [0.2, 0.25) is 0 Å². The van der Waals surface area contributed by atoms with E-state index in [0.29, 0.717) is 5.92 Å². The van der Waals surface area contributed by atoms with E-state index in [-0.39, 0.29) is 0 Å². The standard InChI is InChI=1S/C13H15N/c1-9(2)11-7-6-10(3)12-5-4-8-14-13(11)12/h4-9H,1-3H3. The molecule has 0 fully saturated rings. The molecular formula is C13H15N. The molecule has 0 bridgehead atoms. The van der Waals surface area contributed by atoms with Crippen molar-refractivity contribution in [1.82, 2.24) is 4.98 Å². The molecular weight excluding hydrogens is 170 g/mol. The summed E-state index contributed by atoms with van der Waals surface area (Å²) in [6, 6.07) is 8.51. The fourth-order valence-corrected chi connectivity index (χ4v) is 1.80. The van der Waals surface area contributed by atoms with Crippen LogP contribution < -0.4 is 0 Å². The molecule has 0 saturated carbocycles. The summed E-state index contributed by atoms with van der Waals surface area (Å²) in [5.74, 6) is 0.535. The molecule has 2 aromatic rings. The molecule has 14 heavy (non-hydrogen) atoms. The van der Waals surface area contributed by atoms with Crippen LogP contribution in [-0.2, 0) is 0 Å². The van der Waals surface area contributed by atoms with Gasteiger partial charge in [-0.1, -0.05) is 32.0 Å². The van der Waals surface area contributed by atoms with Crippen molar-refractivity contribution in [2.75, 3.05) is 0 Å². The normalized spacial score (nSPS) is 11.1. The topological polar surface area (TPSA) is 12.9 Å². The average molecular weight is 185 g/mol. The SMILES string of the molecule is Cc1ccc(C(C)C)c2ncccc12. The Morgan fingerprint density at radius 2 is 1.93 bits per heavy atom. The highest BCUT2D eigenvalue weighted by Crippen LogP contribution is 2.25. The second-order valence-electron chi connectivity index (χ2n) is 4.03. The number of rotatable bonds is 1. The Kier molecular flexibility index (Phi) is 2.24. The third-order valence-electron chi connectivity index (χ3n) is 2.64. The van der Waals surface area contributed by atoms with E-state index in [9.17, 15) is 0 Å². The van der Waals surface area contributed by atoms with E-state index in [2.05, 4.69) is 44.0 Å². The van der Waals surface area contributed by atoms with Crippen LogP contribution in [0.4, 0.5) is 0 Å². The molecule has 0 saturated heterocycles. The largest absolute Gasteiger partial charge is 0.256 e. The van der Waals surface area contributed by atoms with Crippen LogP contribution in [0.3, 0.4) is 0 Å². The van der Waals surface area contributed by atoms with E-state index in [0.717, 1.165) is 5.52 Å². The molecule has 0 atom stereocenters. The lowest BCUT2D eigenvalue weighted by Gasteiger charge is -2.10. The van der Waals surface area contributed by atoms with Crippen molar-refractivity contribution in [3.05, 3.63) is 41.6 Å². The molecule has 1 nitrogen and oxygen atoms in total. The van der Waals surface area contributed by atoms with Crippen molar-refractivity contribution in [3.63, 3.8) is 0 Å². The van der Waals surface area contributed by atoms with Gasteiger partial charge in [-0.15, -0.1) is 0 Å². The van der Waals surface area contributed by atoms with Gasteiger partial charge in [-0.3, -0.25) is 4.98 Å². The van der Waals surface area contributed by atoms with Crippen molar-refractivity contribution < 1.29 is 0 Å². The van der Waals surface area contributed by atoms with Crippen LogP contribution in [0.2, 0.25) is 0 Å². The van der Waals surface area contributed by atoms with E-state index in [1.165, 1.54) is 16.5 Å². The number of hydrogen-bond donors (Lipinski definition) is 0. The summed E-state index contributed by atoms with van der Waals surface area (Å²) in [5.41, 5.74) is 3.80. The third-order valence-corrected chi connectivity index (χ3v) is 2.64. The maximum atomic E-state index is 4.46. The fourth-order valence-electron chi connectivity index (χ4n) is 1.80. The molecule has 0 unspecified atom stereocenters. The first-order valence-corrected chi connectivity index (χ1v) is 5.04. The predicted molar refractivity (Wildman–Crippen MR) is 60.6 cm³/mol. The predicted octanol–water partition coefficient (Wildman–Crippen LogP) is 3.67. The lowest BCUT2D eigenvalue weighted by molar-refractivity contribution is 0.872. The molecule has 0 spiro atoms. The monoisotopic (exact) mass is 185 g/mol. The summed E-state index contributed by atoms with van der Waals surface area (Å²) < 4.78 is 0. The summed E-state index contributed by atoms with van der Waals surface area (Å²) in [4.78, 5) is 4.46. The third kappa shape index (κ3) is 1.39. The van der Waals surface area contributed by atoms with Crippen molar-refractivity contribution in [1.29, 1.82) is 0 Å². The first kappa shape index (κ1) is 9.20. The van der Waals surface area contributed by atoms with Crippen molar-refractivity contribution in [2.24, 2.45) is 0 Å². The van der Waals surface area contributed by atoms with Gasteiger partial charge in [-0.2, -0.15) is 0 Å². The second-order valence-corrected chi connectivity index (χ2v) is 4.03. The number of nitrogens with zero attached hydrogens (tertiary/aromatic N) is 1. The summed E-state index contributed by atoms with van der Waals surface area (Å²) in [7, 11) is 0. The first-order chi connectivity index (χ1) is 6.70. The Balaban J connectivity index is 2.82. The molecule has 0 radical (unpaired) electrons. The quantitative estimate of drug-likeness (QED) is 0.660. The zero-order chi connectivity index (χ0) is 10.1. The highest BCUT2D eigenvalue weighted by molar-refractivity contribution is 5.85. The molecule has 0 N–H and O–H groups in total. The van der Waals surface area contributed by atoms with Crippen LogP contribution in [-0.4, -0.2) is 4.98 Å². The fraction of sp³-hybridized carbons (Fsp3) is 0.308. The number of benzene rings is 1. The van der Waals surface area contributed by atoms with Crippen LogP contribution in [0, 0.1) is 6.92 Å². The van der Waals surface area contributed by atoms with Gasteiger partial charge in [0.1, 0.15) is 0 Å². The van der Waals surface area contributed by atoms with Gasteiger partial charge in [-0.05, 0) is 30.0 Å². The highest BCUT2D eigenvalue weighted by Gasteiger charge is 2.06. The minimum Gasteiger partial charge on any atom is -0.256 e.